The molecule has 0 atom stereocenters. The van der Waals surface area contributed by atoms with Crippen molar-refractivity contribution in [2.75, 3.05) is 18.1 Å². The van der Waals surface area contributed by atoms with E-state index in [1.165, 1.54) is 0 Å². The molecule has 6 heteroatoms. The van der Waals surface area contributed by atoms with E-state index >= 15 is 0 Å². The lowest BCUT2D eigenvalue weighted by Gasteiger charge is -2.28. The topological polar surface area (TPSA) is 42.4 Å². The van der Waals surface area contributed by atoms with E-state index in [1.807, 2.05) is 18.2 Å². The maximum absolute atomic E-state index is 12.4. The predicted molar refractivity (Wildman–Crippen MR) is 89.6 cm³/mol. The van der Waals surface area contributed by atoms with Gasteiger partial charge >= 0.3 is 0 Å². The fraction of sp³-hybridized carbons (Fsp3) is 0.250. The Balaban J connectivity index is 1.70. The number of anilines is 1. The molecule has 0 saturated heterocycles. The quantitative estimate of drug-likeness (QED) is 0.811. The third-order valence-corrected chi connectivity index (χ3v) is 4.29. The second-order valence-electron chi connectivity index (χ2n) is 4.98. The van der Waals surface area contributed by atoms with E-state index in [9.17, 15) is 4.79 Å². The Morgan fingerprint density at radius 2 is 2.27 bits per heavy atom. The molecule has 2 aromatic rings. The van der Waals surface area contributed by atoms with Crippen molar-refractivity contribution in [2.24, 2.45) is 0 Å². The molecule has 22 heavy (non-hydrogen) atoms. The number of amides is 1. The molecule has 0 N–H and O–H groups in total. The zero-order valence-electron chi connectivity index (χ0n) is 11.8. The molecule has 3 rings (SSSR count). The molecule has 0 bridgehead atoms. The van der Waals surface area contributed by atoms with E-state index in [0.717, 1.165) is 28.7 Å². The second kappa shape index (κ2) is 6.67. The van der Waals surface area contributed by atoms with Crippen LogP contribution < -0.4 is 9.64 Å². The van der Waals surface area contributed by atoms with Crippen molar-refractivity contribution in [1.29, 1.82) is 0 Å². The molecule has 0 spiro atoms. The van der Waals surface area contributed by atoms with Crippen LogP contribution in [0.25, 0.3) is 0 Å². The third-order valence-electron chi connectivity index (χ3n) is 3.50. The summed E-state index contributed by atoms with van der Waals surface area (Å²) < 4.78 is 6.43. The summed E-state index contributed by atoms with van der Waals surface area (Å²) in [5, 5.41) is 0.475. The van der Waals surface area contributed by atoms with Crippen LogP contribution in [0.2, 0.25) is 5.02 Å². The fourth-order valence-electron chi connectivity index (χ4n) is 2.46. The van der Waals surface area contributed by atoms with Crippen molar-refractivity contribution in [1.82, 2.24) is 4.98 Å². The van der Waals surface area contributed by atoms with Gasteiger partial charge in [0.15, 0.2) is 6.61 Å². The van der Waals surface area contributed by atoms with E-state index in [-0.39, 0.29) is 12.5 Å². The molecule has 4 nitrogen and oxygen atoms in total. The number of pyridine rings is 1. The average molecular weight is 382 g/mol. The number of hydrogen-bond donors (Lipinski definition) is 0. The maximum Gasteiger partial charge on any atom is 0.264 e. The molecule has 0 radical (unpaired) electrons. The van der Waals surface area contributed by atoms with Gasteiger partial charge in [-0.2, -0.15) is 0 Å². The first-order valence-electron chi connectivity index (χ1n) is 6.97. The van der Waals surface area contributed by atoms with Gasteiger partial charge in [-0.05, 0) is 43.2 Å². The van der Waals surface area contributed by atoms with Crippen molar-refractivity contribution in [3.8, 4) is 5.75 Å². The van der Waals surface area contributed by atoms with E-state index in [1.54, 1.807) is 23.2 Å². The summed E-state index contributed by atoms with van der Waals surface area (Å²) in [5.74, 6) is 0.412. The molecular formula is C16H14BrClN2O2. The number of carbonyl (C=O) groups is 1. The number of rotatable bonds is 3. The molecule has 114 valence electrons. The summed E-state index contributed by atoms with van der Waals surface area (Å²) in [4.78, 5) is 18.5. The normalized spacial score (nSPS) is 13.6. The van der Waals surface area contributed by atoms with Crippen LogP contribution in [0.1, 0.15) is 12.1 Å². The molecule has 0 fully saturated rings. The Morgan fingerprint density at radius 1 is 1.41 bits per heavy atom. The van der Waals surface area contributed by atoms with Crippen LogP contribution in [0.15, 0.2) is 41.0 Å². The molecule has 1 aromatic carbocycles. The number of halogens is 2. The van der Waals surface area contributed by atoms with Gasteiger partial charge in [-0.25, -0.2) is 0 Å². The summed E-state index contributed by atoms with van der Waals surface area (Å²) in [5.41, 5.74) is 1.84. The Bertz CT molecular complexity index is 708. The Hall–Kier alpha value is -1.59. The lowest BCUT2D eigenvalue weighted by molar-refractivity contribution is -0.120. The minimum absolute atomic E-state index is 0.0459. The zero-order valence-corrected chi connectivity index (χ0v) is 14.1. The molecule has 0 unspecified atom stereocenters. The predicted octanol–water partition coefficient (Wildman–Crippen LogP) is 3.86. The Morgan fingerprint density at radius 3 is 3.09 bits per heavy atom. The van der Waals surface area contributed by atoms with Gasteiger partial charge in [0.2, 0.25) is 0 Å². The second-order valence-corrected chi connectivity index (χ2v) is 6.30. The number of fused-ring (bicyclic) bond motifs is 1. The van der Waals surface area contributed by atoms with E-state index in [2.05, 4.69) is 20.9 Å². The highest BCUT2D eigenvalue weighted by molar-refractivity contribution is 9.10. The summed E-state index contributed by atoms with van der Waals surface area (Å²) in [6.45, 7) is 0.643. The summed E-state index contributed by atoms with van der Waals surface area (Å²) in [6, 6.07) is 9.07. The highest BCUT2D eigenvalue weighted by atomic mass is 79.9. The monoisotopic (exact) mass is 380 g/mol. The first-order chi connectivity index (χ1) is 10.6. The smallest absolute Gasteiger partial charge is 0.264 e. The molecule has 0 aliphatic carbocycles. The number of benzene rings is 1. The van der Waals surface area contributed by atoms with Gasteiger partial charge in [-0.3, -0.25) is 9.78 Å². The number of aryl methyl sites for hydroxylation is 1. The van der Waals surface area contributed by atoms with Gasteiger partial charge < -0.3 is 9.64 Å². The Kier molecular flexibility index (Phi) is 4.64. The molecule has 1 aliphatic rings. The van der Waals surface area contributed by atoms with Gasteiger partial charge in [0.05, 0.1) is 16.4 Å². The zero-order chi connectivity index (χ0) is 15.5. The first kappa shape index (κ1) is 15.3. The van der Waals surface area contributed by atoms with Gasteiger partial charge in [-0.1, -0.05) is 27.5 Å². The SMILES string of the molecule is O=C(COc1ccc(Br)cc1Cl)N1CCCc2ncccc21. The summed E-state index contributed by atoms with van der Waals surface area (Å²) >= 11 is 9.42. The molecule has 1 amide bonds. The van der Waals surface area contributed by atoms with Crippen molar-refractivity contribution in [3.63, 3.8) is 0 Å². The van der Waals surface area contributed by atoms with Gasteiger partial charge in [-0.15, -0.1) is 0 Å². The summed E-state index contributed by atoms with van der Waals surface area (Å²) in [7, 11) is 0. The molecule has 0 saturated carbocycles. The first-order valence-corrected chi connectivity index (χ1v) is 8.14. The number of hydrogen-bond acceptors (Lipinski definition) is 3. The van der Waals surface area contributed by atoms with Crippen LogP contribution in [0.3, 0.4) is 0 Å². The van der Waals surface area contributed by atoms with Crippen LogP contribution in [0, 0.1) is 0 Å². The number of aromatic nitrogens is 1. The van der Waals surface area contributed by atoms with Crippen LogP contribution in [-0.2, 0) is 11.2 Å². The molecule has 2 heterocycles. The number of carbonyl (C=O) groups excluding carboxylic acids is 1. The van der Waals surface area contributed by atoms with Crippen molar-refractivity contribution in [3.05, 3.63) is 51.7 Å². The van der Waals surface area contributed by atoms with Gasteiger partial charge in [0, 0.05) is 17.2 Å². The van der Waals surface area contributed by atoms with Crippen molar-refractivity contribution < 1.29 is 9.53 Å². The minimum atomic E-state index is -0.0899. The van der Waals surface area contributed by atoms with Crippen LogP contribution >= 0.6 is 27.5 Å². The Labute approximate surface area is 142 Å². The third kappa shape index (κ3) is 3.25. The van der Waals surface area contributed by atoms with Gasteiger partial charge in [0.25, 0.3) is 5.91 Å². The maximum atomic E-state index is 12.4. The van der Waals surface area contributed by atoms with E-state index in [4.69, 9.17) is 16.3 Å². The van der Waals surface area contributed by atoms with E-state index in [0.29, 0.717) is 17.3 Å². The van der Waals surface area contributed by atoms with Crippen LogP contribution in [0.5, 0.6) is 5.75 Å². The highest BCUT2D eigenvalue weighted by Crippen LogP contribution is 2.28. The van der Waals surface area contributed by atoms with Crippen molar-refractivity contribution >= 4 is 39.1 Å². The van der Waals surface area contributed by atoms with E-state index < -0.39 is 0 Å². The lowest BCUT2D eigenvalue weighted by atomic mass is 10.1. The van der Waals surface area contributed by atoms with Crippen molar-refractivity contribution in [2.45, 2.75) is 12.8 Å². The number of ether oxygens (including phenoxy) is 1. The minimum Gasteiger partial charge on any atom is -0.482 e. The van der Waals surface area contributed by atoms with Crippen LogP contribution in [0.4, 0.5) is 5.69 Å². The fourth-order valence-corrected chi connectivity index (χ4v) is 3.19. The lowest BCUT2D eigenvalue weighted by Crippen LogP contribution is -2.38. The number of nitrogens with zero attached hydrogens (tertiary/aromatic N) is 2. The standard InChI is InChI=1S/C16H14BrClN2O2/c17-11-5-6-15(12(18)9-11)22-10-16(21)20-8-2-3-13-14(20)4-1-7-19-13/h1,4-7,9H,2-3,8,10H2. The molecular weight excluding hydrogens is 368 g/mol. The molecule has 1 aliphatic heterocycles. The van der Waals surface area contributed by atoms with Crippen LogP contribution in [-0.4, -0.2) is 24.0 Å². The summed E-state index contributed by atoms with van der Waals surface area (Å²) in [6.07, 6.45) is 3.57. The van der Waals surface area contributed by atoms with Gasteiger partial charge in [0.1, 0.15) is 5.75 Å². The highest BCUT2D eigenvalue weighted by Gasteiger charge is 2.23. The average Bonchev–Trinajstić information content (AvgIpc) is 2.53. The molecule has 1 aromatic heterocycles. The largest absolute Gasteiger partial charge is 0.482 e.